The number of sulfone groups is 1. The highest BCUT2D eigenvalue weighted by Gasteiger charge is 2.46. The molecule has 0 aliphatic carbocycles. The molecule has 7 nitrogen and oxygen atoms in total. The van der Waals surface area contributed by atoms with Crippen LogP contribution >= 0.6 is 0 Å². The minimum Gasteiger partial charge on any atom is -0.373 e. The Morgan fingerprint density at radius 3 is 2.77 bits per heavy atom. The molecular formula is C14H20N2O5S. The van der Waals surface area contributed by atoms with Crippen molar-refractivity contribution >= 4 is 15.7 Å². The molecule has 0 N–H and O–H groups in total. The summed E-state index contributed by atoms with van der Waals surface area (Å²) >= 11 is 0. The number of fused-ring (bicyclic) bond motifs is 1. The van der Waals surface area contributed by atoms with Crippen LogP contribution in [0.15, 0.2) is 4.52 Å². The first-order valence-electron chi connectivity index (χ1n) is 7.39. The van der Waals surface area contributed by atoms with E-state index in [0.717, 1.165) is 0 Å². The molecule has 0 aromatic carbocycles. The Balaban J connectivity index is 1.94. The number of amides is 1. The molecule has 1 amide bonds. The van der Waals surface area contributed by atoms with E-state index in [-0.39, 0.29) is 23.3 Å². The summed E-state index contributed by atoms with van der Waals surface area (Å²) in [4.78, 5) is 14.6. The van der Waals surface area contributed by atoms with Crippen LogP contribution in [-0.2, 0) is 14.6 Å². The van der Waals surface area contributed by atoms with E-state index in [1.54, 1.807) is 11.8 Å². The summed E-state index contributed by atoms with van der Waals surface area (Å²) in [5.74, 6) is 0.319. The van der Waals surface area contributed by atoms with Crippen LogP contribution in [0.25, 0.3) is 0 Å². The number of rotatable bonds is 2. The van der Waals surface area contributed by atoms with Crippen molar-refractivity contribution in [2.45, 2.75) is 38.8 Å². The Morgan fingerprint density at radius 1 is 1.36 bits per heavy atom. The molecule has 2 unspecified atom stereocenters. The lowest BCUT2D eigenvalue weighted by Crippen LogP contribution is -2.53. The van der Waals surface area contributed by atoms with Gasteiger partial charge in [-0.2, -0.15) is 0 Å². The Morgan fingerprint density at radius 2 is 2.09 bits per heavy atom. The van der Waals surface area contributed by atoms with Crippen molar-refractivity contribution in [3.63, 3.8) is 0 Å². The average Bonchev–Trinajstić information content (AvgIpc) is 2.95. The highest BCUT2D eigenvalue weighted by molar-refractivity contribution is 7.91. The summed E-state index contributed by atoms with van der Waals surface area (Å²) < 4.78 is 34.5. The Labute approximate surface area is 129 Å². The van der Waals surface area contributed by atoms with Crippen LogP contribution < -0.4 is 0 Å². The van der Waals surface area contributed by atoms with Gasteiger partial charge in [-0.1, -0.05) is 19.0 Å². The molecule has 122 valence electrons. The fourth-order valence-corrected chi connectivity index (χ4v) is 5.02. The summed E-state index contributed by atoms with van der Waals surface area (Å²) in [6, 6.07) is -0.416. The first-order valence-corrected chi connectivity index (χ1v) is 9.21. The van der Waals surface area contributed by atoms with Gasteiger partial charge < -0.3 is 14.2 Å². The minimum absolute atomic E-state index is 0.0128. The number of carbonyl (C=O) groups excluding carboxylic acids is 1. The van der Waals surface area contributed by atoms with Crippen molar-refractivity contribution < 1.29 is 22.5 Å². The molecule has 2 atom stereocenters. The van der Waals surface area contributed by atoms with Gasteiger partial charge in [-0.05, 0) is 6.92 Å². The Kier molecular flexibility index (Phi) is 3.76. The number of hydrogen-bond donors (Lipinski definition) is 0. The number of nitrogens with zero attached hydrogens (tertiary/aromatic N) is 2. The van der Waals surface area contributed by atoms with Gasteiger partial charge in [0.2, 0.25) is 0 Å². The van der Waals surface area contributed by atoms with Gasteiger partial charge in [0.25, 0.3) is 5.91 Å². The maximum absolute atomic E-state index is 12.9. The second-order valence-corrected chi connectivity index (χ2v) is 8.37. The van der Waals surface area contributed by atoms with E-state index in [1.807, 2.05) is 13.8 Å². The monoisotopic (exact) mass is 328 g/mol. The summed E-state index contributed by atoms with van der Waals surface area (Å²) in [7, 11) is -3.16. The molecule has 1 aromatic rings. The molecule has 1 aromatic heterocycles. The molecule has 8 heteroatoms. The second kappa shape index (κ2) is 5.34. The van der Waals surface area contributed by atoms with Crippen molar-refractivity contribution in [2.75, 3.05) is 24.7 Å². The van der Waals surface area contributed by atoms with Crippen molar-refractivity contribution in [3.05, 3.63) is 17.0 Å². The number of hydrogen-bond acceptors (Lipinski definition) is 6. The summed E-state index contributed by atoms with van der Waals surface area (Å²) in [5, 5.41) is 3.90. The molecule has 2 fully saturated rings. The van der Waals surface area contributed by atoms with Gasteiger partial charge in [0, 0.05) is 12.5 Å². The zero-order chi connectivity index (χ0) is 16.1. The van der Waals surface area contributed by atoms with Crippen LogP contribution in [0.5, 0.6) is 0 Å². The van der Waals surface area contributed by atoms with Crippen LogP contribution in [-0.4, -0.2) is 61.2 Å². The van der Waals surface area contributed by atoms with E-state index in [4.69, 9.17) is 9.26 Å². The smallest absolute Gasteiger partial charge is 0.259 e. The lowest BCUT2D eigenvalue weighted by molar-refractivity contribution is -0.0362. The summed E-state index contributed by atoms with van der Waals surface area (Å²) in [6.07, 6.45) is -0.426. The van der Waals surface area contributed by atoms with Gasteiger partial charge in [-0.3, -0.25) is 4.79 Å². The molecule has 3 rings (SSSR count). The fraction of sp³-hybridized carbons (Fsp3) is 0.714. The van der Waals surface area contributed by atoms with E-state index in [1.165, 1.54) is 0 Å². The van der Waals surface area contributed by atoms with Gasteiger partial charge in [-0.25, -0.2) is 8.42 Å². The standard InChI is InChI=1S/C14H20N2O5S/c1-8(2)13-12(9(3)15-21-13)14(17)16-4-5-20-11-7-22(18,19)6-10(11)16/h8,10-11H,4-7H2,1-3H3. The van der Waals surface area contributed by atoms with E-state index >= 15 is 0 Å². The maximum Gasteiger partial charge on any atom is 0.259 e. The number of aryl methyl sites for hydroxylation is 1. The lowest BCUT2D eigenvalue weighted by Gasteiger charge is -2.36. The molecule has 2 aliphatic rings. The SMILES string of the molecule is Cc1noc(C(C)C)c1C(=O)N1CCOC2CS(=O)(=O)CC21. The second-order valence-electron chi connectivity index (χ2n) is 6.21. The highest BCUT2D eigenvalue weighted by atomic mass is 32.2. The van der Waals surface area contributed by atoms with Crippen LogP contribution in [0.1, 0.15) is 41.6 Å². The maximum atomic E-state index is 12.9. The predicted molar refractivity (Wildman–Crippen MR) is 78.5 cm³/mol. The van der Waals surface area contributed by atoms with Crippen LogP contribution in [0.3, 0.4) is 0 Å². The van der Waals surface area contributed by atoms with Crippen LogP contribution in [0.2, 0.25) is 0 Å². The van der Waals surface area contributed by atoms with Gasteiger partial charge in [0.15, 0.2) is 15.6 Å². The molecule has 2 saturated heterocycles. The molecule has 0 spiro atoms. The van der Waals surface area contributed by atoms with Crippen LogP contribution in [0, 0.1) is 6.92 Å². The van der Waals surface area contributed by atoms with E-state index in [9.17, 15) is 13.2 Å². The lowest BCUT2D eigenvalue weighted by atomic mass is 10.0. The number of aromatic nitrogens is 1. The van der Waals surface area contributed by atoms with Gasteiger partial charge in [0.05, 0.1) is 36.0 Å². The van der Waals surface area contributed by atoms with E-state index in [0.29, 0.717) is 30.2 Å². The highest BCUT2D eigenvalue weighted by Crippen LogP contribution is 2.29. The quantitative estimate of drug-likeness (QED) is 0.795. The van der Waals surface area contributed by atoms with Crippen molar-refractivity contribution in [2.24, 2.45) is 0 Å². The molecule has 3 heterocycles. The first-order chi connectivity index (χ1) is 10.3. The zero-order valence-electron chi connectivity index (χ0n) is 12.9. The average molecular weight is 328 g/mol. The topological polar surface area (TPSA) is 89.7 Å². The normalized spacial score (nSPS) is 27.2. The molecular weight excluding hydrogens is 308 g/mol. The van der Waals surface area contributed by atoms with E-state index < -0.39 is 22.0 Å². The number of carbonyl (C=O) groups is 1. The van der Waals surface area contributed by atoms with Crippen molar-refractivity contribution in [1.82, 2.24) is 10.1 Å². The number of ether oxygens (including phenoxy) is 1. The van der Waals surface area contributed by atoms with Gasteiger partial charge in [0.1, 0.15) is 5.56 Å². The summed E-state index contributed by atoms with van der Waals surface area (Å²) in [5.41, 5.74) is 0.998. The van der Waals surface area contributed by atoms with Crippen molar-refractivity contribution in [3.8, 4) is 0 Å². The van der Waals surface area contributed by atoms with Crippen molar-refractivity contribution in [1.29, 1.82) is 0 Å². The third kappa shape index (κ3) is 2.54. The van der Waals surface area contributed by atoms with Crippen LogP contribution in [0.4, 0.5) is 0 Å². The molecule has 0 bridgehead atoms. The minimum atomic E-state index is -3.16. The Hall–Kier alpha value is -1.41. The third-order valence-electron chi connectivity index (χ3n) is 4.22. The third-order valence-corrected chi connectivity index (χ3v) is 5.91. The number of morpholine rings is 1. The molecule has 0 radical (unpaired) electrons. The fourth-order valence-electron chi connectivity index (χ4n) is 3.15. The summed E-state index contributed by atoms with van der Waals surface area (Å²) in [6.45, 7) is 6.32. The van der Waals surface area contributed by atoms with Gasteiger partial charge >= 0.3 is 0 Å². The zero-order valence-corrected chi connectivity index (χ0v) is 13.7. The van der Waals surface area contributed by atoms with E-state index in [2.05, 4.69) is 5.16 Å². The first kappa shape index (κ1) is 15.5. The molecule has 2 aliphatic heterocycles. The van der Waals surface area contributed by atoms with Gasteiger partial charge in [-0.15, -0.1) is 0 Å². The predicted octanol–water partition coefficient (Wildman–Crippen LogP) is 0.744. The molecule has 22 heavy (non-hydrogen) atoms. The molecule has 0 saturated carbocycles. The largest absolute Gasteiger partial charge is 0.373 e. The Bertz CT molecular complexity index is 694.